The molecule has 1 N–H and O–H groups in total. The van der Waals surface area contributed by atoms with Gasteiger partial charge in [-0.25, -0.2) is 4.79 Å². The molecular formula is C23H23NO3S. The summed E-state index contributed by atoms with van der Waals surface area (Å²) in [7, 11) is 1.34. The number of rotatable bonds is 4. The van der Waals surface area contributed by atoms with Gasteiger partial charge in [0.1, 0.15) is 10.6 Å². The summed E-state index contributed by atoms with van der Waals surface area (Å²) in [5.41, 5.74) is 3.73. The number of nitrogens with one attached hydrogen (secondary N) is 1. The van der Waals surface area contributed by atoms with Crippen molar-refractivity contribution in [1.82, 2.24) is 0 Å². The summed E-state index contributed by atoms with van der Waals surface area (Å²) in [6.07, 6.45) is 0. The minimum atomic E-state index is -0.474. The van der Waals surface area contributed by atoms with Crippen molar-refractivity contribution in [2.75, 3.05) is 12.4 Å². The molecule has 0 aliphatic heterocycles. The van der Waals surface area contributed by atoms with Crippen LogP contribution >= 0.6 is 11.3 Å². The quantitative estimate of drug-likeness (QED) is 0.574. The van der Waals surface area contributed by atoms with Gasteiger partial charge in [0.2, 0.25) is 0 Å². The van der Waals surface area contributed by atoms with Crippen LogP contribution in [0.25, 0.3) is 11.1 Å². The molecule has 1 aromatic heterocycles. The largest absolute Gasteiger partial charge is 0.465 e. The first-order chi connectivity index (χ1) is 13.3. The van der Waals surface area contributed by atoms with E-state index in [4.69, 9.17) is 4.74 Å². The first-order valence-electron chi connectivity index (χ1n) is 8.98. The van der Waals surface area contributed by atoms with Gasteiger partial charge in [-0.3, -0.25) is 4.79 Å². The Morgan fingerprint density at radius 3 is 2.18 bits per heavy atom. The van der Waals surface area contributed by atoms with E-state index in [-0.39, 0.29) is 11.3 Å². The molecule has 1 amide bonds. The highest BCUT2D eigenvalue weighted by Crippen LogP contribution is 2.36. The number of hydrogen-bond acceptors (Lipinski definition) is 4. The fourth-order valence-electron chi connectivity index (χ4n) is 2.88. The van der Waals surface area contributed by atoms with Crippen molar-refractivity contribution in [2.24, 2.45) is 0 Å². The molecule has 5 heteroatoms. The summed E-state index contributed by atoms with van der Waals surface area (Å²) in [4.78, 5) is 25.1. The third-order valence-electron chi connectivity index (χ3n) is 4.51. The van der Waals surface area contributed by atoms with E-state index in [9.17, 15) is 9.59 Å². The lowest BCUT2D eigenvalue weighted by atomic mass is 9.87. The van der Waals surface area contributed by atoms with Crippen LogP contribution in [0.2, 0.25) is 0 Å². The lowest BCUT2D eigenvalue weighted by molar-refractivity contribution is 0.0603. The highest BCUT2D eigenvalue weighted by atomic mass is 32.1. The number of ether oxygens (including phenoxy) is 1. The molecule has 0 unspecified atom stereocenters. The Morgan fingerprint density at radius 2 is 1.61 bits per heavy atom. The highest BCUT2D eigenvalue weighted by Gasteiger charge is 2.23. The molecule has 0 atom stereocenters. The van der Waals surface area contributed by atoms with Crippen LogP contribution in [-0.4, -0.2) is 19.0 Å². The van der Waals surface area contributed by atoms with Crippen LogP contribution in [0.1, 0.15) is 47.1 Å². The van der Waals surface area contributed by atoms with Gasteiger partial charge in [0.15, 0.2) is 0 Å². The molecule has 28 heavy (non-hydrogen) atoms. The van der Waals surface area contributed by atoms with E-state index in [1.807, 2.05) is 47.8 Å². The fourth-order valence-corrected chi connectivity index (χ4v) is 3.83. The molecule has 1 heterocycles. The zero-order chi connectivity index (χ0) is 20.3. The van der Waals surface area contributed by atoms with Gasteiger partial charge in [-0.1, -0.05) is 63.2 Å². The minimum Gasteiger partial charge on any atom is -0.465 e. The van der Waals surface area contributed by atoms with Crippen LogP contribution in [0.3, 0.4) is 0 Å². The minimum absolute atomic E-state index is 0.0192. The SMILES string of the molecule is COC(=O)c1c(-c2ccccc2)csc1NC(=O)c1ccc(C(C)(C)C)cc1. The number of carbonyl (C=O) groups excluding carboxylic acids is 2. The Balaban J connectivity index is 1.91. The topological polar surface area (TPSA) is 55.4 Å². The molecule has 0 saturated heterocycles. The monoisotopic (exact) mass is 393 g/mol. The molecule has 0 radical (unpaired) electrons. The van der Waals surface area contributed by atoms with Crippen LogP contribution in [0.15, 0.2) is 60.0 Å². The number of esters is 1. The van der Waals surface area contributed by atoms with Gasteiger partial charge in [-0.15, -0.1) is 11.3 Å². The van der Waals surface area contributed by atoms with Crippen LogP contribution in [0.5, 0.6) is 0 Å². The average molecular weight is 394 g/mol. The zero-order valence-electron chi connectivity index (χ0n) is 16.4. The number of methoxy groups -OCH3 is 1. The smallest absolute Gasteiger partial charge is 0.341 e. The van der Waals surface area contributed by atoms with Crippen molar-refractivity contribution in [3.8, 4) is 11.1 Å². The summed E-state index contributed by atoms with van der Waals surface area (Å²) in [5.74, 6) is -0.731. The summed E-state index contributed by atoms with van der Waals surface area (Å²) in [6, 6.07) is 17.1. The molecule has 2 aromatic carbocycles. The number of hydrogen-bond donors (Lipinski definition) is 1. The first kappa shape index (κ1) is 19.8. The number of amides is 1. The Bertz CT molecular complexity index is 983. The molecule has 0 bridgehead atoms. The van der Waals surface area contributed by atoms with Crippen LogP contribution < -0.4 is 5.32 Å². The van der Waals surface area contributed by atoms with E-state index in [1.54, 1.807) is 12.1 Å². The van der Waals surface area contributed by atoms with E-state index in [0.29, 0.717) is 16.1 Å². The molecule has 3 rings (SSSR count). The van der Waals surface area contributed by atoms with Crippen molar-refractivity contribution in [3.05, 3.63) is 76.7 Å². The Kier molecular flexibility index (Phi) is 5.66. The maximum atomic E-state index is 12.7. The van der Waals surface area contributed by atoms with E-state index >= 15 is 0 Å². The van der Waals surface area contributed by atoms with Gasteiger partial charge in [0.05, 0.1) is 7.11 Å². The number of benzene rings is 2. The summed E-state index contributed by atoms with van der Waals surface area (Å²) >= 11 is 1.31. The second kappa shape index (κ2) is 7.98. The zero-order valence-corrected chi connectivity index (χ0v) is 17.2. The number of thiophene rings is 1. The van der Waals surface area contributed by atoms with Crippen molar-refractivity contribution >= 4 is 28.2 Å². The summed E-state index contributed by atoms with van der Waals surface area (Å²) < 4.78 is 4.95. The van der Waals surface area contributed by atoms with Crippen LogP contribution in [0, 0.1) is 0 Å². The van der Waals surface area contributed by atoms with Crippen molar-refractivity contribution in [3.63, 3.8) is 0 Å². The number of carbonyl (C=O) groups is 2. The first-order valence-corrected chi connectivity index (χ1v) is 9.86. The van der Waals surface area contributed by atoms with Crippen LogP contribution in [0.4, 0.5) is 5.00 Å². The van der Waals surface area contributed by atoms with E-state index in [0.717, 1.165) is 16.7 Å². The summed E-state index contributed by atoms with van der Waals surface area (Å²) in [6.45, 7) is 6.38. The predicted molar refractivity (Wildman–Crippen MR) is 114 cm³/mol. The maximum absolute atomic E-state index is 12.7. The van der Waals surface area contributed by atoms with Gasteiger partial charge in [0, 0.05) is 16.5 Å². The molecule has 144 valence electrons. The molecular weight excluding hydrogens is 370 g/mol. The van der Waals surface area contributed by atoms with Crippen molar-refractivity contribution in [1.29, 1.82) is 0 Å². The highest BCUT2D eigenvalue weighted by molar-refractivity contribution is 7.15. The lowest BCUT2D eigenvalue weighted by Crippen LogP contribution is -2.15. The van der Waals surface area contributed by atoms with E-state index in [2.05, 4.69) is 26.1 Å². The second-order valence-electron chi connectivity index (χ2n) is 7.49. The normalized spacial score (nSPS) is 11.1. The van der Waals surface area contributed by atoms with Gasteiger partial charge in [-0.05, 0) is 28.7 Å². The molecule has 4 nitrogen and oxygen atoms in total. The van der Waals surface area contributed by atoms with E-state index < -0.39 is 5.97 Å². The van der Waals surface area contributed by atoms with Gasteiger partial charge in [0.25, 0.3) is 5.91 Å². The summed E-state index contributed by atoms with van der Waals surface area (Å²) in [5, 5.41) is 5.21. The molecule has 0 spiro atoms. The van der Waals surface area contributed by atoms with E-state index in [1.165, 1.54) is 18.4 Å². The molecule has 3 aromatic rings. The molecule has 0 fully saturated rings. The molecule has 0 aliphatic rings. The fraction of sp³-hybridized carbons (Fsp3) is 0.217. The van der Waals surface area contributed by atoms with Crippen molar-refractivity contribution in [2.45, 2.75) is 26.2 Å². The van der Waals surface area contributed by atoms with Gasteiger partial charge in [-0.2, -0.15) is 0 Å². The Hall–Kier alpha value is -2.92. The average Bonchev–Trinajstić information content (AvgIpc) is 3.11. The standard InChI is InChI=1S/C23H23NO3S/c1-23(2,3)17-12-10-16(11-13-17)20(25)24-21-19(22(26)27-4)18(14-28-21)15-8-6-5-7-9-15/h5-14H,1-4H3,(H,24,25). The second-order valence-corrected chi connectivity index (χ2v) is 8.37. The van der Waals surface area contributed by atoms with Gasteiger partial charge >= 0.3 is 5.97 Å². The lowest BCUT2D eigenvalue weighted by Gasteiger charge is -2.19. The Morgan fingerprint density at radius 1 is 0.964 bits per heavy atom. The molecule has 0 saturated carbocycles. The number of anilines is 1. The third-order valence-corrected chi connectivity index (χ3v) is 5.40. The Labute approximate surface area is 169 Å². The molecule has 0 aliphatic carbocycles. The van der Waals surface area contributed by atoms with Crippen molar-refractivity contribution < 1.29 is 14.3 Å². The predicted octanol–water partition coefficient (Wildman–Crippen LogP) is 5.75. The van der Waals surface area contributed by atoms with Crippen LogP contribution in [-0.2, 0) is 10.2 Å². The third kappa shape index (κ3) is 4.15. The maximum Gasteiger partial charge on any atom is 0.341 e. The van der Waals surface area contributed by atoms with Gasteiger partial charge < -0.3 is 10.1 Å².